The Morgan fingerprint density at radius 1 is 1.20 bits per heavy atom. The highest BCUT2D eigenvalue weighted by Gasteiger charge is 2.23. The molecule has 0 aromatic heterocycles. The van der Waals surface area contributed by atoms with Gasteiger partial charge in [-0.15, -0.1) is 0 Å². The van der Waals surface area contributed by atoms with Crippen molar-refractivity contribution in [3.8, 4) is 0 Å². The summed E-state index contributed by atoms with van der Waals surface area (Å²) < 4.78 is 0. The Balaban J connectivity index is 1.96. The molecule has 0 atom stereocenters. The Kier molecular flexibility index (Phi) is 4.70. The number of amides is 1. The molecule has 0 aliphatic carbocycles. The second kappa shape index (κ2) is 6.49. The Bertz CT molecular complexity index is 496. The van der Waals surface area contributed by atoms with Crippen molar-refractivity contribution >= 4 is 11.9 Å². The predicted octanol–water partition coefficient (Wildman–Crippen LogP) is -0.0123. The van der Waals surface area contributed by atoms with Crippen LogP contribution in [0.5, 0.6) is 0 Å². The van der Waals surface area contributed by atoms with Crippen LogP contribution in [-0.4, -0.2) is 59.5 Å². The van der Waals surface area contributed by atoms with Gasteiger partial charge in [-0.25, -0.2) is 0 Å². The number of nitrogens with zero attached hydrogens (tertiary/aromatic N) is 2. The van der Waals surface area contributed by atoms with Crippen LogP contribution >= 0.6 is 0 Å². The number of rotatable bonds is 4. The molecular weight excluding hydrogens is 258 g/mol. The molecule has 6 heteroatoms. The third kappa shape index (κ3) is 3.55. The van der Waals surface area contributed by atoms with E-state index in [1.54, 1.807) is 11.0 Å². The largest absolute Gasteiger partial charge is 0.480 e. The molecular formula is C14H19N3O3. The first-order chi connectivity index (χ1) is 9.60. The molecule has 1 heterocycles. The van der Waals surface area contributed by atoms with Gasteiger partial charge in [0, 0.05) is 38.3 Å². The number of carboxylic acid groups (broad SMARTS) is 1. The Labute approximate surface area is 117 Å². The first-order valence-electron chi connectivity index (χ1n) is 6.62. The van der Waals surface area contributed by atoms with E-state index in [1.165, 1.54) is 0 Å². The fourth-order valence-corrected chi connectivity index (χ4v) is 2.31. The molecule has 108 valence electrons. The minimum Gasteiger partial charge on any atom is -0.480 e. The monoisotopic (exact) mass is 277 g/mol. The fraction of sp³-hybridized carbons (Fsp3) is 0.429. The maximum Gasteiger partial charge on any atom is 0.317 e. The summed E-state index contributed by atoms with van der Waals surface area (Å²) in [5.74, 6) is -0.851. The highest BCUT2D eigenvalue weighted by molar-refractivity contribution is 5.94. The molecule has 0 spiro atoms. The number of hydrogen-bond acceptors (Lipinski definition) is 4. The van der Waals surface area contributed by atoms with Gasteiger partial charge in [0.15, 0.2) is 0 Å². The molecule has 1 fully saturated rings. The van der Waals surface area contributed by atoms with Crippen LogP contribution in [0.4, 0.5) is 0 Å². The van der Waals surface area contributed by atoms with Gasteiger partial charge >= 0.3 is 5.97 Å². The molecule has 0 saturated carbocycles. The van der Waals surface area contributed by atoms with Gasteiger partial charge in [-0.3, -0.25) is 14.5 Å². The van der Waals surface area contributed by atoms with Gasteiger partial charge in [-0.05, 0) is 17.7 Å². The number of carbonyl (C=O) groups excluding carboxylic acids is 1. The highest BCUT2D eigenvalue weighted by Crippen LogP contribution is 2.10. The Morgan fingerprint density at radius 3 is 2.50 bits per heavy atom. The summed E-state index contributed by atoms with van der Waals surface area (Å²) in [5, 5.41) is 8.74. The maximum absolute atomic E-state index is 12.3. The second-order valence-corrected chi connectivity index (χ2v) is 4.87. The van der Waals surface area contributed by atoms with E-state index in [0.717, 1.165) is 5.56 Å². The third-order valence-corrected chi connectivity index (χ3v) is 3.43. The summed E-state index contributed by atoms with van der Waals surface area (Å²) in [6, 6.07) is 7.31. The summed E-state index contributed by atoms with van der Waals surface area (Å²) in [6.45, 7) is 2.74. The number of piperazine rings is 1. The van der Waals surface area contributed by atoms with Gasteiger partial charge in [0.05, 0.1) is 6.54 Å². The van der Waals surface area contributed by atoms with Crippen molar-refractivity contribution in [3.63, 3.8) is 0 Å². The lowest BCUT2D eigenvalue weighted by atomic mass is 10.1. The van der Waals surface area contributed by atoms with Gasteiger partial charge in [0.25, 0.3) is 5.91 Å². The SMILES string of the molecule is NCc1cccc(C(=O)N2CCN(CC(=O)O)CC2)c1. The zero-order valence-electron chi connectivity index (χ0n) is 11.3. The maximum atomic E-state index is 12.3. The first-order valence-corrected chi connectivity index (χ1v) is 6.62. The lowest BCUT2D eigenvalue weighted by molar-refractivity contribution is -0.138. The van der Waals surface area contributed by atoms with Crippen LogP contribution in [-0.2, 0) is 11.3 Å². The van der Waals surface area contributed by atoms with E-state index in [-0.39, 0.29) is 12.5 Å². The van der Waals surface area contributed by atoms with Crippen molar-refractivity contribution in [1.29, 1.82) is 0 Å². The van der Waals surface area contributed by atoms with Crippen LogP contribution < -0.4 is 5.73 Å². The van der Waals surface area contributed by atoms with E-state index in [0.29, 0.717) is 38.3 Å². The summed E-state index contributed by atoms with van der Waals surface area (Å²) in [6.07, 6.45) is 0. The van der Waals surface area contributed by atoms with Crippen LogP contribution in [0, 0.1) is 0 Å². The van der Waals surface area contributed by atoms with E-state index in [2.05, 4.69) is 0 Å². The van der Waals surface area contributed by atoms with Gasteiger partial charge in [-0.2, -0.15) is 0 Å². The third-order valence-electron chi connectivity index (χ3n) is 3.43. The zero-order chi connectivity index (χ0) is 14.5. The summed E-state index contributed by atoms with van der Waals surface area (Å²) in [5.41, 5.74) is 7.14. The minimum absolute atomic E-state index is 0.0183. The fourth-order valence-electron chi connectivity index (χ4n) is 2.31. The van der Waals surface area contributed by atoms with Crippen molar-refractivity contribution in [2.24, 2.45) is 5.73 Å². The highest BCUT2D eigenvalue weighted by atomic mass is 16.4. The molecule has 1 aliphatic heterocycles. The van der Waals surface area contributed by atoms with E-state index in [4.69, 9.17) is 10.8 Å². The standard InChI is InChI=1S/C14H19N3O3/c15-9-11-2-1-3-12(8-11)14(20)17-6-4-16(5-7-17)10-13(18)19/h1-3,8H,4-7,9-10,15H2,(H,18,19). The molecule has 1 aromatic rings. The number of aliphatic carboxylic acids is 1. The molecule has 20 heavy (non-hydrogen) atoms. The molecule has 1 saturated heterocycles. The normalized spacial score (nSPS) is 16.1. The smallest absolute Gasteiger partial charge is 0.317 e. The molecule has 0 radical (unpaired) electrons. The molecule has 1 aromatic carbocycles. The van der Waals surface area contributed by atoms with Crippen LogP contribution in [0.15, 0.2) is 24.3 Å². The number of carboxylic acids is 1. The topological polar surface area (TPSA) is 86.9 Å². The van der Waals surface area contributed by atoms with Gasteiger partial charge in [0.2, 0.25) is 0 Å². The average molecular weight is 277 g/mol. The average Bonchev–Trinajstić information content (AvgIpc) is 2.47. The van der Waals surface area contributed by atoms with E-state index >= 15 is 0 Å². The summed E-state index contributed by atoms with van der Waals surface area (Å²) >= 11 is 0. The molecule has 3 N–H and O–H groups in total. The number of benzene rings is 1. The number of nitrogens with two attached hydrogens (primary N) is 1. The second-order valence-electron chi connectivity index (χ2n) is 4.87. The van der Waals surface area contributed by atoms with Crippen molar-refractivity contribution in [2.45, 2.75) is 6.54 Å². The van der Waals surface area contributed by atoms with E-state index < -0.39 is 5.97 Å². The summed E-state index contributed by atoms with van der Waals surface area (Å²) in [4.78, 5) is 26.6. The molecule has 6 nitrogen and oxygen atoms in total. The van der Waals surface area contributed by atoms with E-state index in [1.807, 2.05) is 23.1 Å². The van der Waals surface area contributed by atoms with Crippen LogP contribution in [0.2, 0.25) is 0 Å². The quantitative estimate of drug-likeness (QED) is 0.808. The Hall–Kier alpha value is -1.92. The number of carbonyl (C=O) groups is 2. The van der Waals surface area contributed by atoms with Crippen LogP contribution in [0.1, 0.15) is 15.9 Å². The first kappa shape index (κ1) is 14.5. The van der Waals surface area contributed by atoms with Crippen LogP contribution in [0.3, 0.4) is 0 Å². The molecule has 0 bridgehead atoms. The zero-order valence-corrected chi connectivity index (χ0v) is 11.3. The minimum atomic E-state index is -0.833. The van der Waals surface area contributed by atoms with Gasteiger partial charge in [0.1, 0.15) is 0 Å². The van der Waals surface area contributed by atoms with Crippen molar-refractivity contribution in [2.75, 3.05) is 32.7 Å². The van der Waals surface area contributed by atoms with Crippen molar-refractivity contribution in [3.05, 3.63) is 35.4 Å². The lowest BCUT2D eigenvalue weighted by Crippen LogP contribution is -2.49. The lowest BCUT2D eigenvalue weighted by Gasteiger charge is -2.33. The Morgan fingerprint density at radius 2 is 1.90 bits per heavy atom. The molecule has 1 amide bonds. The van der Waals surface area contributed by atoms with Crippen LogP contribution in [0.25, 0.3) is 0 Å². The molecule has 2 rings (SSSR count). The number of hydrogen-bond donors (Lipinski definition) is 2. The van der Waals surface area contributed by atoms with Gasteiger partial charge in [-0.1, -0.05) is 12.1 Å². The predicted molar refractivity (Wildman–Crippen MR) is 74.3 cm³/mol. The summed E-state index contributed by atoms with van der Waals surface area (Å²) in [7, 11) is 0. The van der Waals surface area contributed by atoms with Crippen molar-refractivity contribution in [1.82, 2.24) is 9.80 Å². The van der Waals surface area contributed by atoms with Gasteiger partial charge < -0.3 is 15.7 Å². The molecule has 1 aliphatic rings. The molecule has 0 unspecified atom stereocenters. The van der Waals surface area contributed by atoms with E-state index in [9.17, 15) is 9.59 Å². The van der Waals surface area contributed by atoms with Crippen molar-refractivity contribution < 1.29 is 14.7 Å².